The molecular formula is C26H26FN5O. The number of aromatic nitrogens is 3. The first-order chi connectivity index (χ1) is 16.1. The Hall–Kier alpha value is -3.71. The van der Waals surface area contributed by atoms with E-state index >= 15 is 0 Å². The van der Waals surface area contributed by atoms with Gasteiger partial charge in [0, 0.05) is 46.0 Å². The fraction of sp³-hybridized carbons (Fsp3) is 0.231. The van der Waals surface area contributed by atoms with Crippen LogP contribution in [-0.2, 0) is 13.6 Å². The zero-order valence-electron chi connectivity index (χ0n) is 18.6. The van der Waals surface area contributed by atoms with E-state index in [1.54, 1.807) is 16.8 Å². The number of aryl methyl sites for hydroxylation is 1. The second-order valence-corrected chi connectivity index (χ2v) is 8.36. The first-order valence-corrected chi connectivity index (χ1v) is 11.1. The van der Waals surface area contributed by atoms with Gasteiger partial charge in [-0.15, -0.1) is 0 Å². The van der Waals surface area contributed by atoms with Crippen LogP contribution in [0.4, 0.5) is 4.39 Å². The van der Waals surface area contributed by atoms with E-state index in [2.05, 4.69) is 29.2 Å². The third kappa shape index (κ3) is 4.45. The lowest BCUT2D eigenvalue weighted by Crippen LogP contribution is -2.48. The molecule has 0 atom stereocenters. The number of halogens is 1. The highest BCUT2D eigenvalue weighted by Crippen LogP contribution is 2.24. The van der Waals surface area contributed by atoms with E-state index in [0.29, 0.717) is 30.2 Å². The van der Waals surface area contributed by atoms with Crippen molar-refractivity contribution in [2.24, 2.45) is 7.05 Å². The van der Waals surface area contributed by atoms with Crippen LogP contribution in [0.25, 0.3) is 17.1 Å². The van der Waals surface area contributed by atoms with Gasteiger partial charge in [0.2, 0.25) is 0 Å². The van der Waals surface area contributed by atoms with Gasteiger partial charge in [0.1, 0.15) is 17.2 Å². The molecule has 0 spiro atoms. The number of carbonyl (C=O) groups excluding carboxylic acids is 1. The first-order valence-electron chi connectivity index (χ1n) is 11.1. The second kappa shape index (κ2) is 9.03. The third-order valence-corrected chi connectivity index (χ3v) is 6.11. The molecule has 2 aromatic carbocycles. The molecule has 0 N–H and O–H groups in total. The van der Waals surface area contributed by atoms with Crippen LogP contribution in [0.2, 0.25) is 0 Å². The van der Waals surface area contributed by atoms with Crippen LogP contribution < -0.4 is 0 Å². The monoisotopic (exact) mass is 443 g/mol. The van der Waals surface area contributed by atoms with Crippen LogP contribution in [0.5, 0.6) is 0 Å². The van der Waals surface area contributed by atoms with Crippen LogP contribution in [0.3, 0.4) is 0 Å². The first kappa shape index (κ1) is 21.2. The van der Waals surface area contributed by atoms with Gasteiger partial charge in [0.05, 0.1) is 11.4 Å². The molecule has 1 saturated heterocycles. The molecule has 33 heavy (non-hydrogen) atoms. The normalized spacial score (nSPS) is 14.5. The molecule has 0 bridgehead atoms. The van der Waals surface area contributed by atoms with Crippen molar-refractivity contribution in [1.82, 2.24) is 24.1 Å². The molecule has 3 heterocycles. The number of hydrogen-bond donors (Lipinski definition) is 0. The molecule has 1 fully saturated rings. The minimum Gasteiger partial charge on any atom is -0.349 e. The Labute approximate surface area is 192 Å². The van der Waals surface area contributed by atoms with Crippen molar-refractivity contribution in [3.63, 3.8) is 0 Å². The summed E-state index contributed by atoms with van der Waals surface area (Å²) in [6.07, 6.45) is 1.94. The fourth-order valence-corrected chi connectivity index (χ4v) is 4.28. The predicted molar refractivity (Wildman–Crippen MR) is 126 cm³/mol. The highest BCUT2D eigenvalue weighted by atomic mass is 19.1. The average molecular weight is 444 g/mol. The molecule has 0 radical (unpaired) electrons. The molecular weight excluding hydrogens is 417 g/mol. The maximum absolute atomic E-state index is 13.6. The largest absolute Gasteiger partial charge is 0.349 e. The maximum Gasteiger partial charge on any atom is 0.272 e. The van der Waals surface area contributed by atoms with E-state index in [9.17, 15) is 9.18 Å². The second-order valence-electron chi connectivity index (χ2n) is 8.36. The van der Waals surface area contributed by atoms with Crippen LogP contribution in [0.15, 0.2) is 79.0 Å². The standard InChI is InChI=1S/C26H26FN5O/c1-29-13-5-8-24(29)23-18-25(32(28-23)22-11-9-21(27)10-12-22)26(33)31-16-14-30(15-17-31)19-20-6-3-2-4-7-20/h2-13,18H,14-17,19H2,1H3. The van der Waals surface area contributed by atoms with Crippen molar-refractivity contribution >= 4 is 5.91 Å². The van der Waals surface area contributed by atoms with E-state index in [1.165, 1.54) is 17.7 Å². The van der Waals surface area contributed by atoms with Crippen molar-refractivity contribution in [1.29, 1.82) is 0 Å². The topological polar surface area (TPSA) is 46.3 Å². The summed E-state index contributed by atoms with van der Waals surface area (Å²) in [4.78, 5) is 17.8. The number of hydrogen-bond acceptors (Lipinski definition) is 3. The van der Waals surface area contributed by atoms with Crippen LogP contribution in [-0.4, -0.2) is 56.2 Å². The summed E-state index contributed by atoms with van der Waals surface area (Å²) in [5, 5.41) is 4.72. The van der Waals surface area contributed by atoms with Gasteiger partial charge in [-0.05, 0) is 48.0 Å². The summed E-state index contributed by atoms with van der Waals surface area (Å²) in [5.74, 6) is -0.386. The van der Waals surface area contributed by atoms with E-state index in [-0.39, 0.29) is 11.7 Å². The fourth-order valence-electron chi connectivity index (χ4n) is 4.28. The smallest absolute Gasteiger partial charge is 0.272 e. The van der Waals surface area contributed by atoms with E-state index < -0.39 is 0 Å². The summed E-state index contributed by atoms with van der Waals surface area (Å²) in [7, 11) is 1.94. The summed E-state index contributed by atoms with van der Waals surface area (Å²) in [6, 6.07) is 22.2. The number of amides is 1. The van der Waals surface area contributed by atoms with Crippen molar-refractivity contribution in [2.45, 2.75) is 6.54 Å². The van der Waals surface area contributed by atoms with E-state index in [4.69, 9.17) is 5.10 Å². The molecule has 5 rings (SSSR count). The van der Waals surface area contributed by atoms with Gasteiger partial charge >= 0.3 is 0 Å². The van der Waals surface area contributed by atoms with Crippen molar-refractivity contribution in [3.8, 4) is 17.1 Å². The molecule has 0 aliphatic carbocycles. The van der Waals surface area contributed by atoms with Crippen LogP contribution >= 0.6 is 0 Å². The van der Waals surface area contributed by atoms with Gasteiger partial charge in [-0.1, -0.05) is 30.3 Å². The minimum absolute atomic E-state index is 0.0633. The lowest BCUT2D eigenvalue weighted by atomic mass is 10.2. The minimum atomic E-state index is -0.323. The van der Waals surface area contributed by atoms with E-state index in [0.717, 1.165) is 25.3 Å². The Morgan fingerprint density at radius 3 is 2.33 bits per heavy atom. The Balaban J connectivity index is 1.38. The molecule has 1 aliphatic rings. The van der Waals surface area contributed by atoms with Gasteiger partial charge in [0.15, 0.2) is 0 Å². The Bertz CT molecular complexity index is 1240. The zero-order valence-corrected chi connectivity index (χ0v) is 18.6. The third-order valence-electron chi connectivity index (χ3n) is 6.11. The van der Waals surface area contributed by atoms with Crippen molar-refractivity contribution in [2.75, 3.05) is 26.2 Å². The lowest BCUT2D eigenvalue weighted by Gasteiger charge is -2.34. The molecule has 168 valence electrons. The summed E-state index contributed by atoms with van der Waals surface area (Å²) >= 11 is 0. The molecule has 2 aromatic heterocycles. The molecule has 0 saturated carbocycles. The Kier molecular flexibility index (Phi) is 5.79. The SMILES string of the molecule is Cn1cccc1-c1cc(C(=O)N2CCN(Cc3ccccc3)CC2)n(-c2ccc(F)cc2)n1. The molecule has 0 unspecified atom stereocenters. The predicted octanol–water partition coefficient (Wildman–Crippen LogP) is 3.97. The summed E-state index contributed by atoms with van der Waals surface area (Å²) < 4.78 is 17.1. The van der Waals surface area contributed by atoms with Gasteiger partial charge in [0.25, 0.3) is 5.91 Å². The summed E-state index contributed by atoms with van der Waals surface area (Å²) in [5.41, 5.74) is 4.03. The highest BCUT2D eigenvalue weighted by Gasteiger charge is 2.26. The van der Waals surface area contributed by atoms with Gasteiger partial charge in [-0.2, -0.15) is 5.10 Å². The number of nitrogens with zero attached hydrogens (tertiary/aromatic N) is 5. The number of piperazine rings is 1. The van der Waals surface area contributed by atoms with Crippen molar-refractivity contribution < 1.29 is 9.18 Å². The summed E-state index contributed by atoms with van der Waals surface area (Å²) in [6.45, 7) is 3.82. The van der Waals surface area contributed by atoms with Crippen molar-refractivity contribution in [3.05, 3.63) is 96.1 Å². The maximum atomic E-state index is 13.6. The molecule has 4 aromatic rings. The number of benzene rings is 2. The molecule has 1 amide bonds. The van der Waals surface area contributed by atoms with Gasteiger partial charge in [-0.3, -0.25) is 9.69 Å². The molecule has 7 heteroatoms. The number of rotatable bonds is 5. The van der Waals surface area contributed by atoms with Crippen LogP contribution in [0, 0.1) is 5.82 Å². The molecule has 1 aliphatic heterocycles. The Morgan fingerprint density at radius 2 is 1.67 bits per heavy atom. The van der Waals surface area contributed by atoms with E-state index in [1.807, 2.05) is 47.0 Å². The van der Waals surface area contributed by atoms with Gasteiger partial charge in [-0.25, -0.2) is 9.07 Å². The molecule has 6 nitrogen and oxygen atoms in total. The van der Waals surface area contributed by atoms with Crippen LogP contribution in [0.1, 0.15) is 16.1 Å². The Morgan fingerprint density at radius 1 is 0.939 bits per heavy atom. The number of carbonyl (C=O) groups is 1. The lowest BCUT2D eigenvalue weighted by molar-refractivity contribution is 0.0619. The quantitative estimate of drug-likeness (QED) is 0.469. The highest BCUT2D eigenvalue weighted by molar-refractivity contribution is 5.94. The van der Waals surface area contributed by atoms with Gasteiger partial charge < -0.3 is 9.47 Å². The average Bonchev–Trinajstić information content (AvgIpc) is 3.46. The zero-order chi connectivity index (χ0) is 22.8.